The molecule has 1 unspecified atom stereocenters. The number of hydrogen-bond acceptors (Lipinski definition) is 8. The molecule has 2 aromatic heterocycles. The average molecular weight is 508 g/mol. The molecule has 5 rings (SSSR count). The molecule has 11 nitrogen and oxygen atoms in total. The molecule has 2 aliphatic heterocycles. The number of benzene rings is 1. The van der Waals surface area contributed by atoms with E-state index in [9.17, 15) is 9.59 Å². The first-order valence-electron chi connectivity index (χ1n) is 12.7. The Balaban J connectivity index is 1.30. The maximum absolute atomic E-state index is 13.2. The Morgan fingerprint density at radius 3 is 2.65 bits per heavy atom. The van der Waals surface area contributed by atoms with Crippen LogP contribution in [0.25, 0.3) is 10.9 Å². The molecule has 0 radical (unpaired) electrons. The number of rotatable bonds is 4. The minimum atomic E-state index is -0.526. The van der Waals surface area contributed by atoms with Gasteiger partial charge in [-0.05, 0) is 58.2 Å². The Hall–Kier alpha value is -3.73. The highest BCUT2D eigenvalue weighted by atomic mass is 16.6. The second-order valence-electron chi connectivity index (χ2n) is 10.4. The molecule has 2 amide bonds. The van der Waals surface area contributed by atoms with Crippen LogP contribution in [0.4, 0.5) is 16.2 Å². The molecule has 1 atom stereocenters. The molecule has 0 spiro atoms. The molecular weight excluding hydrogens is 474 g/mol. The summed E-state index contributed by atoms with van der Waals surface area (Å²) in [5, 5.41) is 16.5. The Morgan fingerprint density at radius 1 is 1.11 bits per heavy atom. The minimum Gasteiger partial charge on any atom is -0.444 e. The van der Waals surface area contributed by atoms with Crippen molar-refractivity contribution in [3.63, 3.8) is 0 Å². The van der Waals surface area contributed by atoms with E-state index in [0.29, 0.717) is 42.9 Å². The number of aromatic nitrogens is 4. The molecule has 3 aromatic rings. The van der Waals surface area contributed by atoms with Gasteiger partial charge in [-0.1, -0.05) is 0 Å². The van der Waals surface area contributed by atoms with Crippen molar-refractivity contribution < 1.29 is 19.1 Å². The number of piperazine rings is 1. The topological polar surface area (TPSA) is 115 Å². The summed E-state index contributed by atoms with van der Waals surface area (Å²) in [6, 6.07) is 5.57. The highest BCUT2D eigenvalue weighted by Gasteiger charge is 2.27. The third-order valence-electron chi connectivity index (χ3n) is 6.49. The van der Waals surface area contributed by atoms with Crippen molar-refractivity contribution in [2.24, 2.45) is 0 Å². The number of nitrogens with zero attached hydrogens (tertiary/aromatic N) is 6. The first-order valence-corrected chi connectivity index (χ1v) is 12.7. The zero-order valence-electron chi connectivity index (χ0n) is 21.5. The first kappa shape index (κ1) is 24.9. The van der Waals surface area contributed by atoms with Gasteiger partial charge in [0.15, 0.2) is 0 Å². The van der Waals surface area contributed by atoms with Gasteiger partial charge in [0.1, 0.15) is 17.3 Å². The van der Waals surface area contributed by atoms with Crippen molar-refractivity contribution in [1.29, 1.82) is 0 Å². The molecule has 2 aliphatic rings. The largest absolute Gasteiger partial charge is 0.444 e. The predicted octanol–water partition coefficient (Wildman–Crippen LogP) is 3.83. The van der Waals surface area contributed by atoms with E-state index < -0.39 is 5.60 Å². The fraction of sp³-hybridized carbons (Fsp3) is 0.500. The summed E-state index contributed by atoms with van der Waals surface area (Å²) in [7, 11) is 0. The van der Waals surface area contributed by atoms with Gasteiger partial charge in [0.2, 0.25) is 0 Å². The quantitative estimate of drug-likeness (QED) is 0.567. The Labute approximate surface area is 215 Å². The van der Waals surface area contributed by atoms with E-state index in [1.54, 1.807) is 34.2 Å². The number of ether oxygens (including phenoxy) is 2. The van der Waals surface area contributed by atoms with Crippen LogP contribution in [0.5, 0.6) is 0 Å². The molecule has 2 saturated heterocycles. The van der Waals surface area contributed by atoms with Gasteiger partial charge in [-0.25, -0.2) is 9.48 Å². The molecule has 2 fully saturated rings. The van der Waals surface area contributed by atoms with E-state index in [2.05, 4.69) is 25.5 Å². The molecule has 0 aliphatic carbocycles. The van der Waals surface area contributed by atoms with Crippen molar-refractivity contribution in [2.75, 3.05) is 43.0 Å². The van der Waals surface area contributed by atoms with E-state index in [1.807, 2.05) is 32.9 Å². The zero-order valence-corrected chi connectivity index (χ0v) is 21.5. The van der Waals surface area contributed by atoms with Crippen LogP contribution < -0.4 is 10.2 Å². The molecular formula is C26H33N7O4. The Bertz CT molecular complexity index is 1270. The molecule has 1 aromatic carbocycles. The third-order valence-corrected chi connectivity index (χ3v) is 6.49. The van der Waals surface area contributed by atoms with Crippen molar-refractivity contribution in [2.45, 2.75) is 51.9 Å². The Kier molecular flexibility index (Phi) is 6.96. The lowest BCUT2D eigenvalue weighted by Crippen LogP contribution is -2.50. The van der Waals surface area contributed by atoms with Crippen molar-refractivity contribution in [1.82, 2.24) is 24.9 Å². The maximum Gasteiger partial charge on any atom is 0.410 e. The maximum atomic E-state index is 13.2. The van der Waals surface area contributed by atoms with Gasteiger partial charge in [-0.2, -0.15) is 10.2 Å². The van der Waals surface area contributed by atoms with Crippen molar-refractivity contribution in [3.05, 3.63) is 42.4 Å². The first-order chi connectivity index (χ1) is 17.8. The normalized spacial score (nSPS) is 18.6. The van der Waals surface area contributed by atoms with Gasteiger partial charge in [-0.15, -0.1) is 5.10 Å². The summed E-state index contributed by atoms with van der Waals surface area (Å²) in [4.78, 5) is 29.6. The summed E-state index contributed by atoms with van der Waals surface area (Å²) in [6.07, 6.45) is 7.71. The Morgan fingerprint density at radius 2 is 1.92 bits per heavy atom. The van der Waals surface area contributed by atoms with Crippen LogP contribution in [-0.4, -0.2) is 75.3 Å². The summed E-state index contributed by atoms with van der Waals surface area (Å²) in [5.41, 5.74) is 1.98. The summed E-state index contributed by atoms with van der Waals surface area (Å²) >= 11 is 0. The van der Waals surface area contributed by atoms with Gasteiger partial charge in [0.05, 0.1) is 29.8 Å². The SMILES string of the molecule is CC(C)(C)OC(=O)N1CCN(c2ccc(C(=O)Nc3cnn(C4CCCCO4)c3)c3nnccc23)CC1. The van der Waals surface area contributed by atoms with Crippen LogP contribution >= 0.6 is 0 Å². The molecule has 37 heavy (non-hydrogen) atoms. The van der Waals surface area contributed by atoms with Gasteiger partial charge < -0.3 is 24.6 Å². The predicted molar refractivity (Wildman–Crippen MR) is 139 cm³/mol. The van der Waals surface area contributed by atoms with Crippen LogP contribution in [0.3, 0.4) is 0 Å². The molecule has 0 saturated carbocycles. The van der Waals surface area contributed by atoms with E-state index in [-0.39, 0.29) is 18.2 Å². The van der Waals surface area contributed by atoms with Crippen LogP contribution in [0.1, 0.15) is 56.6 Å². The van der Waals surface area contributed by atoms with Gasteiger partial charge in [0, 0.05) is 43.9 Å². The van der Waals surface area contributed by atoms with E-state index >= 15 is 0 Å². The summed E-state index contributed by atoms with van der Waals surface area (Å²) in [6.45, 7) is 8.70. The highest BCUT2D eigenvalue weighted by Crippen LogP contribution is 2.30. The highest BCUT2D eigenvalue weighted by molar-refractivity contribution is 6.13. The second kappa shape index (κ2) is 10.3. The number of carbonyl (C=O) groups is 2. The number of anilines is 2. The lowest BCUT2D eigenvalue weighted by Gasteiger charge is -2.37. The third kappa shape index (κ3) is 5.66. The summed E-state index contributed by atoms with van der Waals surface area (Å²) < 4.78 is 13.0. The number of nitrogens with one attached hydrogen (secondary N) is 1. The monoisotopic (exact) mass is 507 g/mol. The number of amides is 2. The lowest BCUT2D eigenvalue weighted by molar-refractivity contribution is -0.0394. The van der Waals surface area contributed by atoms with Crippen molar-refractivity contribution >= 4 is 34.3 Å². The molecule has 11 heteroatoms. The standard InChI is InChI=1S/C26H33N7O4/c1-26(2,3)37-25(35)32-13-11-31(12-14-32)21-8-7-20(23-19(21)9-10-27-30-23)24(34)29-18-16-28-33(17-18)22-6-4-5-15-36-22/h7-10,16-17,22H,4-6,11-15H2,1-3H3,(H,29,34). The van der Waals surface area contributed by atoms with Crippen LogP contribution in [0.2, 0.25) is 0 Å². The molecule has 196 valence electrons. The number of carbonyl (C=O) groups excluding carboxylic acids is 2. The van der Waals surface area contributed by atoms with Gasteiger partial charge in [0.25, 0.3) is 5.91 Å². The van der Waals surface area contributed by atoms with Crippen LogP contribution in [0.15, 0.2) is 36.8 Å². The van der Waals surface area contributed by atoms with E-state index in [0.717, 1.165) is 36.9 Å². The van der Waals surface area contributed by atoms with E-state index in [4.69, 9.17) is 9.47 Å². The van der Waals surface area contributed by atoms with Crippen LogP contribution in [0, 0.1) is 0 Å². The number of fused-ring (bicyclic) bond motifs is 1. The minimum absolute atomic E-state index is 0.0961. The average Bonchev–Trinajstić information content (AvgIpc) is 3.36. The fourth-order valence-electron chi connectivity index (χ4n) is 4.67. The van der Waals surface area contributed by atoms with Crippen molar-refractivity contribution in [3.8, 4) is 0 Å². The summed E-state index contributed by atoms with van der Waals surface area (Å²) in [5.74, 6) is -0.282. The van der Waals surface area contributed by atoms with E-state index in [1.165, 1.54) is 0 Å². The molecule has 0 bridgehead atoms. The smallest absolute Gasteiger partial charge is 0.410 e. The van der Waals surface area contributed by atoms with Gasteiger partial charge >= 0.3 is 6.09 Å². The fourth-order valence-corrected chi connectivity index (χ4v) is 4.67. The number of hydrogen-bond donors (Lipinski definition) is 1. The molecule has 1 N–H and O–H groups in total. The lowest BCUT2D eigenvalue weighted by atomic mass is 10.1. The second-order valence-corrected chi connectivity index (χ2v) is 10.4. The van der Waals surface area contributed by atoms with Gasteiger partial charge in [-0.3, -0.25) is 4.79 Å². The zero-order chi connectivity index (χ0) is 26.0. The van der Waals surface area contributed by atoms with Crippen LogP contribution in [-0.2, 0) is 9.47 Å². The molecule has 4 heterocycles.